The van der Waals surface area contributed by atoms with Gasteiger partial charge in [0.05, 0.1) is 15.6 Å². The monoisotopic (exact) mass is 388 g/mol. The van der Waals surface area contributed by atoms with Crippen molar-refractivity contribution in [3.8, 4) is 5.75 Å². The lowest BCUT2D eigenvalue weighted by Gasteiger charge is -2.02. The van der Waals surface area contributed by atoms with Crippen molar-refractivity contribution in [3.05, 3.63) is 60.5 Å². The normalized spacial score (nSPS) is 11.0. The standard InChI is InChI=1S/C13H7BrCl2N2O3/c14-8-3-7(13(19)12(4-8)18(20)21)6-17-11-2-1-9(15)5-10(11)16/h1-6,19H. The van der Waals surface area contributed by atoms with Gasteiger partial charge in [-0.25, -0.2) is 0 Å². The van der Waals surface area contributed by atoms with Crippen molar-refractivity contribution in [2.75, 3.05) is 0 Å². The van der Waals surface area contributed by atoms with E-state index in [2.05, 4.69) is 20.9 Å². The van der Waals surface area contributed by atoms with E-state index in [1.807, 2.05) is 0 Å². The van der Waals surface area contributed by atoms with E-state index in [1.165, 1.54) is 24.4 Å². The fourth-order valence-corrected chi connectivity index (χ4v) is 2.49. The molecule has 0 unspecified atom stereocenters. The Morgan fingerprint density at radius 3 is 2.62 bits per heavy atom. The number of nitro benzene ring substituents is 1. The Hall–Kier alpha value is -1.63. The van der Waals surface area contributed by atoms with Crippen molar-refractivity contribution in [1.29, 1.82) is 0 Å². The quantitative estimate of drug-likeness (QED) is 0.449. The average Bonchev–Trinajstić information content (AvgIpc) is 2.40. The number of aliphatic imine (C=N–C) groups is 1. The second-order valence-electron chi connectivity index (χ2n) is 3.97. The van der Waals surface area contributed by atoms with E-state index < -0.39 is 16.4 Å². The molecule has 2 aromatic rings. The first-order valence-corrected chi connectivity index (χ1v) is 7.09. The van der Waals surface area contributed by atoms with Crippen molar-refractivity contribution < 1.29 is 10.0 Å². The van der Waals surface area contributed by atoms with Crippen LogP contribution in [0, 0.1) is 10.1 Å². The number of hydrogen-bond donors (Lipinski definition) is 1. The van der Waals surface area contributed by atoms with E-state index in [-0.39, 0.29) is 5.56 Å². The van der Waals surface area contributed by atoms with Crippen molar-refractivity contribution in [3.63, 3.8) is 0 Å². The van der Waals surface area contributed by atoms with Crippen LogP contribution in [0.15, 0.2) is 39.8 Å². The third-order valence-corrected chi connectivity index (χ3v) is 3.53. The Bertz CT molecular complexity index is 750. The molecule has 0 amide bonds. The number of nitro groups is 1. The smallest absolute Gasteiger partial charge is 0.312 e. The molecule has 0 saturated heterocycles. The Morgan fingerprint density at radius 1 is 1.29 bits per heavy atom. The largest absolute Gasteiger partial charge is 0.502 e. The van der Waals surface area contributed by atoms with E-state index in [4.69, 9.17) is 23.2 Å². The zero-order chi connectivity index (χ0) is 15.6. The summed E-state index contributed by atoms with van der Waals surface area (Å²) < 4.78 is 0.454. The van der Waals surface area contributed by atoms with Crippen molar-refractivity contribution in [1.82, 2.24) is 0 Å². The summed E-state index contributed by atoms with van der Waals surface area (Å²) in [7, 11) is 0. The van der Waals surface area contributed by atoms with Gasteiger partial charge in [-0.1, -0.05) is 39.1 Å². The summed E-state index contributed by atoms with van der Waals surface area (Å²) in [6, 6.07) is 7.46. The number of hydrogen-bond acceptors (Lipinski definition) is 4. The molecule has 1 N–H and O–H groups in total. The Kier molecular flexibility index (Phi) is 4.82. The van der Waals surface area contributed by atoms with Crippen LogP contribution in [-0.4, -0.2) is 16.2 Å². The predicted molar refractivity (Wildman–Crippen MR) is 86.2 cm³/mol. The van der Waals surface area contributed by atoms with Gasteiger partial charge >= 0.3 is 5.69 Å². The number of rotatable bonds is 3. The second kappa shape index (κ2) is 6.43. The number of benzene rings is 2. The molecule has 0 saturated carbocycles. The minimum absolute atomic E-state index is 0.196. The first-order chi connectivity index (χ1) is 9.88. The van der Waals surface area contributed by atoms with Crippen LogP contribution in [0.2, 0.25) is 10.0 Å². The van der Waals surface area contributed by atoms with Gasteiger partial charge in [-0.2, -0.15) is 0 Å². The van der Waals surface area contributed by atoms with Gasteiger partial charge in [0.2, 0.25) is 5.75 Å². The van der Waals surface area contributed by atoms with Crippen LogP contribution in [0.5, 0.6) is 5.75 Å². The summed E-state index contributed by atoms with van der Waals surface area (Å²) >= 11 is 14.9. The molecule has 5 nitrogen and oxygen atoms in total. The molecule has 0 radical (unpaired) electrons. The molecule has 0 heterocycles. The summed E-state index contributed by atoms with van der Waals surface area (Å²) in [6.45, 7) is 0. The number of nitrogens with zero attached hydrogens (tertiary/aromatic N) is 2. The van der Waals surface area contributed by atoms with Crippen LogP contribution >= 0.6 is 39.1 Å². The summed E-state index contributed by atoms with van der Waals surface area (Å²) in [5.74, 6) is -0.461. The fourth-order valence-electron chi connectivity index (χ4n) is 1.57. The minimum Gasteiger partial charge on any atom is -0.502 e. The van der Waals surface area contributed by atoms with Gasteiger partial charge in [0, 0.05) is 27.3 Å². The van der Waals surface area contributed by atoms with Crippen LogP contribution in [0.25, 0.3) is 0 Å². The first kappa shape index (κ1) is 15.8. The molecule has 0 atom stereocenters. The van der Waals surface area contributed by atoms with Crippen molar-refractivity contribution in [2.45, 2.75) is 0 Å². The van der Waals surface area contributed by atoms with E-state index in [1.54, 1.807) is 12.1 Å². The molecule has 2 rings (SSSR count). The maximum Gasteiger partial charge on any atom is 0.312 e. The fraction of sp³-hybridized carbons (Fsp3) is 0. The van der Waals surface area contributed by atoms with Gasteiger partial charge in [-0.3, -0.25) is 15.1 Å². The molecule has 21 heavy (non-hydrogen) atoms. The second-order valence-corrected chi connectivity index (χ2v) is 5.73. The molecule has 0 aliphatic carbocycles. The molecular weight excluding hydrogens is 383 g/mol. The summed E-state index contributed by atoms with van der Waals surface area (Å²) in [5, 5.41) is 21.5. The zero-order valence-electron chi connectivity index (χ0n) is 10.3. The number of aromatic hydroxyl groups is 1. The lowest BCUT2D eigenvalue weighted by atomic mass is 10.2. The summed E-state index contributed by atoms with van der Waals surface area (Å²) in [4.78, 5) is 14.3. The first-order valence-electron chi connectivity index (χ1n) is 5.54. The maximum atomic E-state index is 10.8. The lowest BCUT2D eigenvalue weighted by Crippen LogP contribution is -1.92. The van der Waals surface area contributed by atoms with Crippen LogP contribution in [0.4, 0.5) is 11.4 Å². The van der Waals surface area contributed by atoms with Gasteiger partial charge in [-0.15, -0.1) is 0 Å². The van der Waals surface area contributed by atoms with Crippen LogP contribution in [0.3, 0.4) is 0 Å². The third kappa shape index (κ3) is 3.72. The molecule has 0 bridgehead atoms. The maximum absolute atomic E-state index is 10.8. The molecule has 0 aliphatic rings. The molecule has 0 aliphatic heterocycles. The molecule has 8 heteroatoms. The Morgan fingerprint density at radius 2 is 2.00 bits per heavy atom. The zero-order valence-corrected chi connectivity index (χ0v) is 13.4. The molecule has 0 fully saturated rings. The lowest BCUT2D eigenvalue weighted by molar-refractivity contribution is -0.385. The molecule has 0 aromatic heterocycles. The predicted octanol–water partition coefficient (Wildman–Crippen LogP) is 5.12. The van der Waals surface area contributed by atoms with Gasteiger partial charge in [0.15, 0.2) is 0 Å². The average molecular weight is 390 g/mol. The van der Waals surface area contributed by atoms with Crippen LogP contribution < -0.4 is 0 Å². The van der Waals surface area contributed by atoms with E-state index in [0.717, 1.165) is 0 Å². The number of phenolic OH excluding ortho intramolecular Hbond substituents is 1. The van der Waals surface area contributed by atoms with Gasteiger partial charge in [0.1, 0.15) is 0 Å². The number of phenols is 1. The Labute approximate surface area is 138 Å². The van der Waals surface area contributed by atoms with Crippen molar-refractivity contribution >= 4 is 56.7 Å². The van der Waals surface area contributed by atoms with Crippen molar-refractivity contribution in [2.24, 2.45) is 4.99 Å². The highest BCUT2D eigenvalue weighted by Crippen LogP contribution is 2.33. The Balaban J connectivity index is 2.43. The highest BCUT2D eigenvalue weighted by molar-refractivity contribution is 9.10. The van der Waals surface area contributed by atoms with Gasteiger partial charge in [-0.05, 0) is 24.3 Å². The van der Waals surface area contributed by atoms with Crippen LogP contribution in [-0.2, 0) is 0 Å². The highest BCUT2D eigenvalue weighted by atomic mass is 79.9. The van der Waals surface area contributed by atoms with E-state index in [0.29, 0.717) is 20.2 Å². The SMILES string of the molecule is O=[N+]([O-])c1cc(Br)cc(C=Nc2ccc(Cl)cc2Cl)c1O. The van der Waals surface area contributed by atoms with Crippen LogP contribution in [0.1, 0.15) is 5.56 Å². The number of halogens is 3. The van der Waals surface area contributed by atoms with E-state index >= 15 is 0 Å². The van der Waals surface area contributed by atoms with Gasteiger partial charge < -0.3 is 5.11 Å². The third-order valence-electron chi connectivity index (χ3n) is 2.53. The summed E-state index contributed by atoms with van der Waals surface area (Å²) in [6.07, 6.45) is 1.29. The minimum atomic E-state index is -0.674. The van der Waals surface area contributed by atoms with Gasteiger partial charge in [0.25, 0.3) is 0 Å². The molecule has 2 aromatic carbocycles. The van der Waals surface area contributed by atoms with E-state index in [9.17, 15) is 15.2 Å². The highest BCUT2D eigenvalue weighted by Gasteiger charge is 2.17. The molecule has 108 valence electrons. The summed E-state index contributed by atoms with van der Waals surface area (Å²) in [5.41, 5.74) is 0.221. The molecule has 0 spiro atoms. The molecular formula is C13H7BrCl2N2O3. The topological polar surface area (TPSA) is 75.7 Å².